The Bertz CT molecular complexity index is 482. The van der Waals surface area contributed by atoms with Gasteiger partial charge in [-0.1, -0.05) is 12.1 Å². The summed E-state index contributed by atoms with van der Waals surface area (Å²) in [6.07, 6.45) is 0. The van der Waals surface area contributed by atoms with E-state index in [4.69, 9.17) is 10.5 Å². The topological polar surface area (TPSA) is 35.2 Å². The van der Waals surface area contributed by atoms with Crippen LogP contribution in [0.4, 0.5) is 0 Å². The average molecular weight is 261 g/mol. The summed E-state index contributed by atoms with van der Waals surface area (Å²) in [5.74, 6) is 0.878. The van der Waals surface area contributed by atoms with Crippen LogP contribution in [0.1, 0.15) is 37.9 Å². The smallest absolute Gasteiger partial charge is 0.120 e. The lowest BCUT2D eigenvalue weighted by atomic mass is 10.0. The maximum atomic E-state index is 6.20. The van der Waals surface area contributed by atoms with Crippen LogP contribution in [-0.2, 0) is 0 Å². The molecule has 1 heterocycles. The lowest BCUT2D eigenvalue weighted by molar-refractivity contribution is 0.131. The molecule has 0 aliphatic carbocycles. The van der Waals surface area contributed by atoms with E-state index in [1.54, 1.807) is 11.3 Å². The van der Waals surface area contributed by atoms with Crippen molar-refractivity contribution < 1.29 is 4.74 Å². The van der Waals surface area contributed by atoms with Gasteiger partial charge in [-0.2, -0.15) is 11.3 Å². The number of rotatable bonds is 3. The van der Waals surface area contributed by atoms with E-state index in [9.17, 15) is 0 Å². The molecule has 18 heavy (non-hydrogen) atoms. The van der Waals surface area contributed by atoms with E-state index in [-0.39, 0.29) is 11.6 Å². The Morgan fingerprint density at radius 3 is 2.22 bits per heavy atom. The van der Waals surface area contributed by atoms with E-state index in [1.165, 1.54) is 0 Å². The summed E-state index contributed by atoms with van der Waals surface area (Å²) in [7, 11) is 0. The van der Waals surface area contributed by atoms with Crippen LogP contribution in [0.5, 0.6) is 5.75 Å². The van der Waals surface area contributed by atoms with Gasteiger partial charge in [0.05, 0.1) is 6.04 Å². The Labute approximate surface area is 112 Å². The minimum absolute atomic E-state index is 0.0556. The molecule has 0 spiro atoms. The third-order valence-electron chi connectivity index (χ3n) is 2.57. The van der Waals surface area contributed by atoms with Gasteiger partial charge in [-0.05, 0) is 60.9 Å². The van der Waals surface area contributed by atoms with Gasteiger partial charge in [-0.25, -0.2) is 0 Å². The van der Waals surface area contributed by atoms with Gasteiger partial charge in [0.25, 0.3) is 0 Å². The minimum Gasteiger partial charge on any atom is -0.488 e. The second kappa shape index (κ2) is 5.12. The molecule has 0 radical (unpaired) electrons. The normalized spacial score (nSPS) is 13.3. The van der Waals surface area contributed by atoms with E-state index < -0.39 is 0 Å². The van der Waals surface area contributed by atoms with Crippen molar-refractivity contribution in [1.82, 2.24) is 0 Å². The third kappa shape index (κ3) is 3.34. The molecule has 0 fully saturated rings. The first-order valence-corrected chi connectivity index (χ1v) is 6.97. The Hall–Kier alpha value is -1.32. The number of benzene rings is 1. The van der Waals surface area contributed by atoms with Gasteiger partial charge in [-0.15, -0.1) is 0 Å². The molecular formula is C15H19NOS. The zero-order chi connectivity index (χ0) is 13.2. The van der Waals surface area contributed by atoms with E-state index in [2.05, 4.69) is 11.4 Å². The molecule has 2 nitrogen and oxygen atoms in total. The van der Waals surface area contributed by atoms with E-state index in [0.717, 1.165) is 16.9 Å². The molecule has 1 aromatic heterocycles. The van der Waals surface area contributed by atoms with Crippen molar-refractivity contribution in [3.63, 3.8) is 0 Å². The van der Waals surface area contributed by atoms with Crippen molar-refractivity contribution in [3.05, 3.63) is 52.2 Å². The molecule has 2 N–H and O–H groups in total. The number of nitrogens with two attached hydrogens (primary N) is 1. The van der Waals surface area contributed by atoms with Crippen LogP contribution in [0.15, 0.2) is 41.1 Å². The second-order valence-electron chi connectivity index (χ2n) is 5.32. The molecule has 96 valence electrons. The van der Waals surface area contributed by atoms with Crippen molar-refractivity contribution >= 4 is 11.3 Å². The van der Waals surface area contributed by atoms with Crippen molar-refractivity contribution in [2.45, 2.75) is 32.4 Å². The molecule has 0 amide bonds. The van der Waals surface area contributed by atoms with E-state index in [1.807, 2.05) is 50.4 Å². The highest BCUT2D eigenvalue weighted by Crippen LogP contribution is 2.25. The summed E-state index contributed by atoms with van der Waals surface area (Å²) in [5.41, 5.74) is 8.30. The molecule has 2 rings (SSSR count). The fourth-order valence-corrected chi connectivity index (χ4v) is 2.44. The van der Waals surface area contributed by atoms with Crippen LogP contribution in [0, 0.1) is 0 Å². The van der Waals surface area contributed by atoms with Crippen LogP contribution in [0.2, 0.25) is 0 Å². The summed E-state index contributed by atoms with van der Waals surface area (Å²) in [6.45, 7) is 6.12. The van der Waals surface area contributed by atoms with Gasteiger partial charge in [0, 0.05) is 0 Å². The summed E-state index contributed by atoms with van der Waals surface area (Å²) < 4.78 is 5.79. The second-order valence-corrected chi connectivity index (χ2v) is 6.10. The fourth-order valence-electron chi connectivity index (χ4n) is 1.74. The highest BCUT2D eigenvalue weighted by Gasteiger charge is 2.13. The Morgan fingerprint density at radius 1 is 1.06 bits per heavy atom. The molecule has 0 unspecified atom stereocenters. The maximum absolute atomic E-state index is 6.20. The number of thiophene rings is 1. The molecule has 0 saturated heterocycles. The first-order chi connectivity index (χ1) is 8.46. The standard InChI is InChI=1S/C15H19NOS/c1-15(2,3)17-13-6-4-11(5-7-13)14(16)12-8-9-18-10-12/h4-10,14H,16H2,1-3H3/t14-/m0/s1. The zero-order valence-electron chi connectivity index (χ0n) is 11.0. The minimum atomic E-state index is -0.170. The molecule has 0 saturated carbocycles. The summed E-state index contributed by atoms with van der Waals surface area (Å²) >= 11 is 1.67. The van der Waals surface area contributed by atoms with Gasteiger partial charge in [0.1, 0.15) is 11.4 Å². The summed E-state index contributed by atoms with van der Waals surface area (Å²) in [4.78, 5) is 0. The van der Waals surface area contributed by atoms with Gasteiger partial charge >= 0.3 is 0 Å². The van der Waals surface area contributed by atoms with Gasteiger partial charge < -0.3 is 10.5 Å². The van der Waals surface area contributed by atoms with Crippen LogP contribution in [0.25, 0.3) is 0 Å². The third-order valence-corrected chi connectivity index (χ3v) is 3.27. The lowest BCUT2D eigenvalue weighted by Crippen LogP contribution is -2.22. The zero-order valence-corrected chi connectivity index (χ0v) is 11.8. The first kappa shape index (κ1) is 13.1. The SMILES string of the molecule is CC(C)(C)Oc1ccc([C@H](N)c2ccsc2)cc1. The average Bonchev–Trinajstić information content (AvgIpc) is 2.80. The first-order valence-electron chi connectivity index (χ1n) is 6.02. The summed E-state index contributed by atoms with van der Waals surface area (Å²) in [6, 6.07) is 10.0. The highest BCUT2D eigenvalue weighted by molar-refractivity contribution is 7.08. The predicted molar refractivity (Wildman–Crippen MR) is 77.2 cm³/mol. The lowest BCUT2D eigenvalue weighted by Gasteiger charge is -2.21. The highest BCUT2D eigenvalue weighted by atomic mass is 32.1. The monoisotopic (exact) mass is 261 g/mol. The van der Waals surface area contributed by atoms with E-state index >= 15 is 0 Å². The Balaban J connectivity index is 2.13. The maximum Gasteiger partial charge on any atom is 0.120 e. The predicted octanol–water partition coefficient (Wildman–Crippen LogP) is 3.97. The Kier molecular flexibility index (Phi) is 3.73. The Morgan fingerprint density at radius 2 is 1.72 bits per heavy atom. The van der Waals surface area contributed by atoms with Gasteiger partial charge in [0.2, 0.25) is 0 Å². The molecule has 0 aliphatic heterocycles. The van der Waals surface area contributed by atoms with E-state index in [0.29, 0.717) is 0 Å². The molecule has 0 aliphatic rings. The largest absolute Gasteiger partial charge is 0.488 e. The van der Waals surface area contributed by atoms with Gasteiger partial charge in [-0.3, -0.25) is 0 Å². The fraction of sp³-hybridized carbons (Fsp3) is 0.333. The quantitative estimate of drug-likeness (QED) is 0.907. The molecular weight excluding hydrogens is 242 g/mol. The number of ether oxygens (including phenoxy) is 1. The van der Waals surface area contributed by atoms with Crippen LogP contribution in [0.3, 0.4) is 0 Å². The number of hydrogen-bond donors (Lipinski definition) is 1. The van der Waals surface area contributed by atoms with Crippen molar-refractivity contribution in [2.24, 2.45) is 5.73 Å². The van der Waals surface area contributed by atoms with Crippen molar-refractivity contribution in [2.75, 3.05) is 0 Å². The molecule has 0 bridgehead atoms. The number of hydrogen-bond acceptors (Lipinski definition) is 3. The van der Waals surface area contributed by atoms with Crippen LogP contribution in [-0.4, -0.2) is 5.60 Å². The molecule has 1 aromatic carbocycles. The molecule has 2 aromatic rings. The van der Waals surface area contributed by atoms with Gasteiger partial charge in [0.15, 0.2) is 0 Å². The summed E-state index contributed by atoms with van der Waals surface area (Å²) in [5, 5.41) is 4.14. The molecule has 3 heteroatoms. The van der Waals surface area contributed by atoms with Crippen molar-refractivity contribution in [3.8, 4) is 5.75 Å². The molecule has 1 atom stereocenters. The van der Waals surface area contributed by atoms with Crippen molar-refractivity contribution in [1.29, 1.82) is 0 Å². The van der Waals surface area contributed by atoms with Crippen LogP contribution < -0.4 is 10.5 Å². The van der Waals surface area contributed by atoms with Crippen LogP contribution >= 0.6 is 11.3 Å².